The second kappa shape index (κ2) is 3.81. The van der Waals surface area contributed by atoms with E-state index in [9.17, 15) is 4.79 Å². The highest BCUT2D eigenvalue weighted by atomic mass is 16.4. The lowest BCUT2D eigenvalue weighted by Gasteiger charge is -1.97. The molecule has 6 heteroatoms. The van der Waals surface area contributed by atoms with Crippen molar-refractivity contribution in [1.82, 2.24) is 19.7 Å². The summed E-state index contributed by atoms with van der Waals surface area (Å²) < 4.78 is 6.75. The molecule has 0 aliphatic heterocycles. The first kappa shape index (κ1) is 10.5. The van der Waals surface area contributed by atoms with Crippen LogP contribution < -0.4 is 5.76 Å². The van der Waals surface area contributed by atoms with Crippen LogP contribution in [0.15, 0.2) is 33.5 Å². The first-order valence-corrected chi connectivity index (χ1v) is 6.31. The zero-order valence-corrected chi connectivity index (χ0v) is 10.2. The van der Waals surface area contributed by atoms with Crippen molar-refractivity contribution in [3.63, 3.8) is 0 Å². The van der Waals surface area contributed by atoms with Crippen LogP contribution in [-0.4, -0.2) is 19.7 Å². The Kier molecular flexibility index (Phi) is 2.11. The second-order valence-electron chi connectivity index (χ2n) is 4.84. The fraction of sp³-hybridized carbons (Fsp3) is 0.308. The lowest BCUT2D eigenvalue weighted by atomic mass is 10.3. The van der Waals surface area contributed by atoms with Crippen molar-refractivity contribution >= 4 is 11.1 Å². The van der Waals surface area contributed by atoms with Crippen LogP contribution in [0.3, 0.4) is 0 Å². The van der Waals surface area contributed by atoms with Gasteiger partial charge >= 0.3 is 5.76 Å². The van der Waals surface area contributed by atoms with Gasteiger partial charge in [0, 0.05) is 5.92 Å². The fourth-order valence-electron chi connectivity index (χ4n) is 2.22. The summed E-state index contributed by atoms with van der Waals surface area (Å²) in [7, 11) is 0. The molecule has 19 heavy (non-hydrogen) atoms. The average molecular weight is 256 g/mol. The Balaban J connectivity index is 1.73. The van der Waals surface area contributed by atoms with E-state index in [4.69, 9.17) is 4.42 Å². The van der Waals surface area contributed by atoms with Crippen molar-refractivity contribution in [3.8, 4) is 0 Å². The van der Waals surface area contributed by atoms with E-state index in [0.717, 1.165) is 24.2 Å². The molecule has 1 aromatic carbocycles. The Morgan fingerprint density at radius 3 is 3.05 bits per heavy atom. The number of benzene rings is 1. The SMILES string of the molecule is O=c1oc2ccccc2n1Cc1nc(C2CC2)n[nH]1. The van der Waals surface area contributed by atoms with E-state index in [-0.39, 0.29) is 5.76 Å². The number of aromatic amines is 1. The largest absolute Gasteiger partial charge is 0.420 e. The zero-order valence-electron chi connectivity index (χ0n) is 10.2. The summed E-state index contributed by atoms with van der Waals surface area (Å²) in [5.41, 5.74) is 1.37. The number of para-hydroxylation sites is 2. The first-order valence-electron chi connectivity index (χ1n) is 6.31. The van der Waals surface area contributed by atoms with E-state index in [1.54, 1.807) is 10.6 Å². The van der Waals surface area contributed by atoms with Gasteiger partial charge in [-0.25, -0.2) is 9.78 Å². The van der Waals surface area contributed by atoms with Crippen LogP contribution in [0.4, 0.5) is 0 Å². The van der Waals surface area contributed by atoms with Crippen LogP contribution in [0.5, 0.6) is 0 Å². The van der Waals surface area contributed by atoms with Crippen LogP contribution in [-0.2, 0) is 6.54 Å². The van der Waals surface area contributed by atoms with E-state index in [1.165, 1.54) is 0 Å². The molecule has 2 heterocycles. The van der Waals surface area contributed by atoms with Gasteiger partial charge in [-0.15, -0.1) is 0 Å². The lowest BCUT2D eigenvalue weighted by molar-refractivity contribution is 0.514. The van der Waals surface area contributed by atoms with Gasteiger partial charge in [-0.1, -0.05) is 12.1 Å². The van der Waals surface area contributed by atoms with Crippen LogP contribution in [0.2, 0.25) is 0 Å². The summed E-state index contributed by atoms with van der Waals surface area (Å²) >= 11 is 0. The molecule has 0 unspecified atom stereocenters. The van der Waals surface area contributed by atoms with Gasteiger partial charge in [0.25, 0.3) is 0 Å². The molecule has 1 aliphatic rings. The third-order valence-corrected chi connectivity index (χ3v) is 3.37. The summed E-state index contributed by atoms with van der Waals surface area (Å²) in [6.07, 6.45) is 2.32. The van der Waals surface area contributed by atoms with E-state index >= 15 is 0 Å². The van der Waals surface area contributed by atoms with Crippen molar-refractivity contribution in [2.45, 2.75) is 25.3 Å². The predicted octanol–water partition coefficient (Wildman–Crippen LogP) is 1.64. The van der Waals surface area contributed by atoms with E-state index < -0.39 is 0 Å². The molecule has 0 atom stereocenters. The van der Waals surface area contributed by atoms with Crippen LogP contribution in [0.1, 0.15) is 30.4 Å². The zero-order chi connectivity index (χ0) is 12.8. The molecule has 1 aliphatic carbocycles. The number of oxazole rings is 1. The van der Waals surface area contributed by atoms with Gasteiger partial charge in [-0.3, -0.25) is 9.67 Å². The molecule has 0 radical (unpaired) electrons. The number of hydrogen-bond acceptors (Lipinski definition) is 4. The van der Waals surface area contributed by atoms with Crippen molar-refractivity contribution in [1.29, 1.82) is 0 Å². The van der Waals surface area contributed by atoms with E-state index in [1.807, 2.05) is 18.2 Å². The molecule has 0 bridgehead atoms. The van der Waals surface area contributed by atoms with Crippen molar-refractivity contribution in [3.05, 3.63) is 46.5 Å². The molecule has 6 nitrogen and oxygen atoms in total. The van der Waals surface area contributed by atoms with Gasteiger partial charge in [0.2, 0.25) is 0 Å². The van der Waals surface area contributed by atoms with Gasteiger partial charge in [-0.2, -0.15) is 5.10 Å². The van der Waals surface area contributed by atoms with Gasteiger partial charge in [0.05, 0.1) is 12.1 Å². The summed E-state index contributed by atoms with van der Waals surface area (Å²) in [5, 5.41) is 7.08. The molecular formula is C13H12N4O2. The summed E-state index contributed by atoms with van der Waals surface area (Å²) in [4.78, 5) is 16.3. The number of nitrogens with zero attached hydrogens (tertiary/aromatic N) is 3. The maximum absolute atomic E-state index is 11.8. The molecule has 96 valence electrons. The summed E-state index contributed by atoms with van der Waals surface area (Å²) in [6, 6.07) is 7.36. The molecule has 1 N–H and O–H groups in total. The van der Waals surface area contributed by atoms with Gasteiger partial charge in [0.15, 0.2) is 11.4 Å². The normalized spacial score (nSPS) is 15.2. The summed E-state index contributed by atoms with van der Waals surface area (Å²) in [5.74, 6) is 1.68. The smallest absolute Gasteiger partial charge is 0.408 e. The minimum absolute atomic E-state index is 0.357. The standard InChI is InChI=1S/C13H12N4O2/c18-13-17(9-3-1-2-4-10(9)19-13)7-11-14-12(16-15-11)8-5-6-8/h1-4,8H,5-7H2,(H,14,15,16). The monoisotopic (exact) mass is 256 g/mol. The summed E-state index contributed by atoms with van der Waals surface area (Å²) in [6.45, 7) is 0.357. The number of fused-ring (bicyclic) bond motifs is 1. The Morgan fingerprint density at radius 2 is 2.21 bits per heavy atom. The average Bonchev–Trinajstić information content (AvgIpc) is 3.09. The van der Waals surface area contributed by atoms with E-state index in [2.05, 4.69) is 15.2 Å². The topological polar surface area (TPSA) is 76.7 Å². The number of H-pyrrole nitrogens is 1. The number of nitrogens with one attached hydrogen (secondary N) is 1. The number of aromatic nitrogens is 4. The molecule has 0 saturated heterocycles. The maximum atomic E-state index is 11.8. The molecule has 1 saturated carbocycles. The predicted molar refractivity (Wildman–Crippen MR) is 67.9 cm³/mol. The quantitative estimate of drug-likeness (QED) is 0.772. The molecule has 2 aromatic heterocycles. The molecule has 3 aromatic rings. The highest BCUT2D eigenvalue weighted by Gasteiger charge is 2.27. The fourth-order valence-corrected chi connectivity index (χ4v) is 2.22. The number of hydrogen-bond donors (Lipinski definition) is 1. The lowest BCUT2D eigenvalue weighted by Crippen LogP contribution is -2.15. The third kappa shape index (κ3) is 1.76. The minimum atomic E-state index is -0.370. The molecule has 4 rings (SSSR count). The van der Waals surface area contributed by atoms with Crippen molar-refractivity contribution in [2.75, 3.05) is 0 Å². The molecular weight excluding hydrogens is 244 g/mol. The Labute approximate surface area is 108 Å². The maximum Gasteiger partial charge on any atom is 0.420 e. The van der Waals surface area contributed by atoms with Crippen molar-refractivity contribution in [2.24, 2.45) is 0 Å². The Hall–Kier alpha value is -2.37. The first-order chi connectivity index (χ1) is 9.31. The van der Waals surface area contributed by atoms with Gasteiger partial charge < -0.3 is 4.42 Å². The van der Waals surface area contributed by atoms with Crippen LogP contribution >= 0.6 is 0 Å². The van der Waals surface area contributed by atoms with Crippen molar-refractivity contribution < 1.29 is 4.42 Å². The highest BCUT2D eigenvalue weighted by molar-refractivity contribution is 5.72. The third-order valence-electron chi connectivity index (χ3n) is 3.37. The van der Waals surface area contributed by atoms with Gasteiger partial charge in [-0.05, 0) is 25.0 Å². The molecule has 1 fully saturated rings. The molecule has 0 spiro atoms. The molecule has 0 amide bonds. The van der Waals surface area contributed by atoms with Crippen LogP contribution in [0, 0.1) is 0 Å². The van der Waals surface area contributed by atoms with Gasteiger partial charge in [0.1, 0.15) is 5.82 Å². The second-order valence-corrected chi connectivity index (χ2v) is 4.84. The Morgan fingerprint density at radius 1 is 1.37 bits per heavy atom. The minimum Gasteiger partial charge on any atom is -0.408 e. The van der Waals surface area contributed by atoms with E-state index in [0.29, 0.717) is 23.9 Å². The highest BCUT2D eigenvalue weighted by Crippen LogP contribution is 2.37. The Bertz CT molecular complexity index is 794. The number of rotatable bonds is 3. The van der Waals surface area contributed by atoms with Crippen LogP contribution in [0.25, 0.3) is 11.1 Å².